The van der Waals surface area contributed by atoms with E-state index in [1.165, 1.54) is 6.21 Å². The minimum absolute atomic E-state index is 0.173. The van der Waals surface area contributed by atoms with E-state index in [9.17, 15) is 14.7 Å². The number of hydrazone groups is 1. The van der Waals surface area contributed by atoms with E-state index in [1.807, 2.05) is 45.2 Å². The van der Waals surface area contributed by atoms with Crippen molar-refractivity contribution in [2.45, 2.75) is 12.8 Å². The van der Waals surface area contributed by atoms with Crippen molar-refractivity contribution in [2.24, 2.45) is 28.8 Å². The molecule has 5 nitrogen and oxygen atoms in total. The summed E-state index contributed by atoms with van der Waals surface area (Å²) in [6.45, 7) is 0. The number of nitrogens with zero attached hydrogens (tertiary/aromatic N) is 2. The van der Waals surface area contributed by atoms with Gasteiger partial charge in [-0.05, 0) is 87.6 Å². The summed E-state index contributed by atoms with van der Waals surface area (Å²) in [6.07, 6.45) is 7.67. The van der Waals surface area contributed by atoms with Gasteiger partial charge < -0.3 is 5.11 Å². The molecule has 124 valence electrons. The lowest BCUT2D eigenvalue weighted by molar-refractivity contribution is -0.140. The van der Waals surface area contributed by atoms with Crippen LogP contribution < -0.4 is 0 Å². The van der Waals surface area contributed by atoms with Gasteiger partial charge in [-0.25, -0.2) is 0 Å². The maximum Gasteiger partial charge on any atom is 0.254 e. The Morgan fingerprint density at radius 2 is 1.54 bits per heavy atom. The molecule has 1 heterocycles. The molecule has 0 spiro atoms. The molecular formula is C17H14I2N2O3. The second-order valence-corrected chi connectivity index (χ2v) is 8.73. The maximum absolute atomic E-state index is 12.7. The lowest BCUT2D eigenvalue weighted by atomic mass is 9.63. The van der Waals surface area contributed by atoms with E-state index in [0.717, 1.165) is 23.4 Å². The molecule has 2 fully saturated rings. The average Bonchev–Trinajstić information content (AvgIpc) is 2.85. The smallest absolute Gasteiger partial charge is 0.254 e. The number of amides is 2. The first-order valence-electron chi connectivity index (χ1n) is 7.75. The highest BCUT2D eigenvalue weighted by molar-refractivity contribution is 14.1. The van der Waals surface area contributed by atoms with Crippen LogP contribution in [0.5, 0.6) is 5.75 Å². The van der Waals surface area contributed by atoms with Crippen molar-refractivity contribution in [1.29, 1.82) is 0 Å². The van der Waals surface area contributed by atoms with Crippen molar-refractivity contribution < 1.29 is 14.7 Å². The van der Waals surface area contributed by atoms with Crippen molar-refractivity contribution in [3.05, 3.63) is 37.0 Å². The summed E-state index contributed by atoms with van der Waals surface area (Å²) in [5, 5.41) is 15.1. The van der Waals surface area contributed by atoms with Crippen molar-refractivity contribution in [3.63, 3.8) is 0 Å². The fourth-order valence-electron chi connectivity index (χ4n) is 3.96. The Kier molecular flexibility index (Phi) is 4.18. The van der Waals surface area contributed by atoms with Gasteiger partial charge in [-0.3, -0.25) is 9.59 Å². The van der Waals surface area contributed by atoms with Crippen LogP contribution in [0.3, 0.4) is 0 Å². The van der Waals surface area contributed by atoms with Gasteiger partial charge in [0.1, 0.15) is 5.75 Å². The monoisotopic (exact) mass is 548 g/mol. The maximum atomic E-state index is 12.7. The Morgan fingerprint density at radius 3 is 2.00 bits per heavy atom. The zero-order chi connectivity index (χ0) is 17.0. The summed E-state index contributed by atoms with van der Waals surface area (Å²) >= 11 is 4.08. The molecule has 5 rings (SSSR count). The minimum Gasteiger partial charge on any atom is -0.506 e. The Bertz CT molecular complexity index is 750. The fraction of sp³-hybridized carbons (Fsp3) is 0.353. The van der Waals surface area contributed by atoms with Gasteiger partial charge in [0.25, 0.3) is 11.8 Å². The molecule has 1 saturated heterocycles. The topological polar surface area (TPSA) is 70.0 Å². The molecule has 1 saturated carbocycles. The minimum atomic E-state index is -0.238. The zero-order valence-corrected chi connectivity index (χ0v) is 16.8. The van der Waals surface area contributed by atoms with Crippen LogP contribution in [0, 0.1) is 30.8 Å². The lowest BCUT2D eigenvalue weighted by Gasteiger charge is -2.37. The van der Waals surface area contributed by atoms with Gasteiger partial charge in [0, 0.05) is 0 Å². The molecule has 1 aromatic rings. The first kappa shape index (κ1) is 16.5. The molecule has 0 aromatic heterocycles. The Hall–Kier alpha value is -0.970. The summed E-state index contributed by atoms with van der Waals surface area (Å²) in [7, 11) is 0. The highest BCUT2D eigenvalue weighted by Crippen LogP contribution is 2.49. The van der Waals surface area contributed by atoms with E-state index in [0.29, 0.717) is 7.14 Å². The van der Waals surface area contributed by atoms with E-state index in [-0.39, 0.29) is 41.2 Å². The molecule has 7 heteroatoms. The number of carbonyl (C=O) groups excluding carboxylic acids is 2. The molecule has 0 radical (unpaired) electrons. The number of imide groups is 1. The predicted molar refractivity (Wildman–Crippen MR) is 105 cm³/mol. The molecule has 4 atom stereocenters. The van der Waals surface area contributed by atoms with Crippen molar-refractivity contribution in [3.8, 4) is 5.75 Å². The van der Waals surface area contributed by atoms with Crippen LogP contribution in [0.1, 0.15) is 18.4 Å². The third-order valence-corrected chi connectivity index (χ3v) is 6.74. The summed E-state index contributed by atoms with van der Waals surface area (Å²) < 4.78 is 1.41. The lowest BCUT2D eigenvalue weighted by Crippen LogP contribution is -2.38. The highest BCUT2D eigenvalue weighted by atomic mass is 127. The molecule has 2 amide bonds. The number of phenols is 1. The summed E-state index contributed by atoms with van der Waals surface area (Å²) in [4.78, 5) is 25.3. The van der Waals surface area contributed by atoms with Crippen LogP contribution in [0.25, 0.3) is 0 Å². The van der Waals surface area contributed by atoms with Gasteiger partial charge >= 0.3 is 0 Å². The normalized spacial score (nSPS) is 31.3. The number of carbonyl (C=O) groups is 2. The van der Waals surface area contributed by atoms with Crippen LogP contribution in [-0.4, -0.2) is 28.1 Å². The summed E-state index contributed by atoms with van der Waals surface area (Å²) in [5.74, 6) is -0.251. The molecule has 1 N–H and O–H groups in total. The van der Waals surface area contributed by atoms with Gasteiger partial charge in [-0.1, -0.05) is 12.2 Å². The van der Waals surface area contributed by atoms with Gasteiger partial charge in [0.15, 0.2) is 0 Å². The molecule has 24 heavy (non-hydrogen) atoms. The van der Waals surface area contributed by atoms with E-state index >= 15 is 0 Å². The van der Waals surface area contributed by atoms with Gasteiger partial charge in [0.05, 0.1) is 25.2 Å². The molecule has 1 aromatic carbocycles. The number of rotatable bonds is 2. The molecule has 0 unspecified atom stereocenters. The third kappa shape index (κ3) is 2.51. The number of fused-ring (bicyclic) bond motifs is 1. The van der Waals surface area contributed by atoms with Crippen LogP contribution in [0.15, 0.2) is 29.4 Å². The number of hydrogen-bond acceptors (Lipinski definition) is 4. The number of halogens is 2. The second kappa shape index (κ2) is 6.08. The van der Waals surface area contributed by atoms with E-state index in [2.05, 4.69) is 17.3 Å². The fourth-order valence-corrected chi connectivity index (χ4v) is 5.77. The van der Waals surface area contributed by atoms with Crippen LogP contribution >= 0.6 is 45.2 Å². The van der Waals surface area contributed by atoms with Crippen LogP contribution in [0.4, 0.5) is 0 Å². The number of benzene rings is 1. The first-order chi connectivity index (χ1) is 11.5. The van der Waals surface area contributed by atoms with Crippen molar-refractivity contribution >= 4 is 63.2 Å². The van der Waals surface area contributed by atoms with Crippen LogP contribution in [0.2, 0.25) is 0 Å². The number of allylic oxidation sites excluding steroid dienone is 2. The zero-order valence-electron chi connectivity index (χ0n) is 12.5. The van der Waals surface area contributed by atoms with Crippen LogP contribution in [-0.2, 0) is 9.59 Å². The highest BCUT2D eigenvalue weighted by Gasteiger charge is 2.56. The Labute approximate surface area is 166 Å². The van der Waals surface area contributed by atoms with E-state index < -0.39 is 0 Å². The first-order valence-corrected chi connectivity index (χ1v) is 9.91. The molecule has 4 aliphatic rings. The Balaban J connectivity index is 1.62. The summed E-state index contributed by atoms with van der Waals surface area (Å²) in [5.41, 5.74) is 0.748. The third-order valence-electron chi connectivity index (χ3n) is 5.10. The van der Waals surface area contributed by atoms with E-state index in [4.69, 9.17) is 0 Å². The number of hydrogen-bond donors (Lipinski definition) is 1. The molecule has 2 bridgehead atoms. The molecule has 1 aliphatic heterocycles. The summed E-state index contributed by atoms with van der Waals surface area (Å²) in [6, 6.07) is 3.54. The largest absolute Gasteiger partial charge is 0.506 e. The van der Waals surface area contributed by atoms with Gasteiger partial charge in [-0.15, -0.1) is 0 Å². The van der Waals surface area contributed by atoms with E-state index in [1.54, 1.807) is 12.1 Å². The Morgan fingerprint density at radius 1 is 1.04 bits per heavy atom. The average molecular weight is 548 g/mol. The number of phenolic OH excluding ortho intramolecular Hbond substituents is 1. The quantitative estimate of drug-likeness (QED) is 0.268. The molecule has 3 aliphatic carbocycles. The van der Waals surface area contributed by atoms with Gasteiger partial charge in [0.2, 0.25) is 0 Å². The predicted octanol–water partition coefficient (Wildman–Crippen LogP) is 3.13. The SMILES string of the molecule is O=C1[C@@H]2[C@H](C(=O)N1/N=C\c1cc(I)c(O)c(I)c1)[C@@H]1C=C[C@@H]2CC1. The van der Waals surface area contributed by atoms with Gasteiger partial charge in [-0.2, -0.15) is 10.1 Å². The second-order valence-electron chi connectivity index (χ2n) is 6.41. The van der Waals surface area contributed by atoms with Crippen molar-refractivity contribution in [2.75, 3.05) is 0 Å². The standard InChI is InChI=1S/C17H14I2N2O3/c18-11-5-8(6-12(19)15(11)22)7-20-21-16(23)13-9-1-2-10(4-3-9)14(13)17(21)24/h1-2,5-7,9-10,13-14,22H,3-4H2/b20-7-/t9-,10-,13-,14+/m1/s1. The number of aromatic hydroxyl groups is 1. The molecular weight excluding hydrogens is 534 g/mol. The van der Waals surface area contributed by atoms with Crippen molar-refractivity contribution in [1.82, 2.24) is 5.01 Å².